The second-order valence-corrected chi connectivity index (χ2v) is 5.53. The molecular weight excluding hydrogens is 286 g/mol. The van der Waals surface area contributed by atoms with Crippen LogP contribution in [0.15, 0.2) is 47.8 Å². The van der Waals surface area contributed by atoms with E-state index in [1.54, 1.807) is 11.3 Å². The molecule has 0 atom stereocenters. The van der Waals surface area contributed by atoms with E-state index in [-0.39, 0.29) is 18.5 Å². The van der Waals surface area contributed by atoms with E-state index < -0.39 is 0 Å². The van der Waals surface area contributed by atoms with Crippen LogP contribution in [-0.4, -0.2) is 18.5 Å². The van der Waals surface area contributed by atoms with Gasteiger partial charge in [0.05, 0.1) is 6.42 Å². The predicted molar refractivity (Wildman–Crippen MR) is 81.9 cm³/mol. The Morgan fingerprint density at radius 1 is 1.10 bits per heavy atom. The average Bonchev–Trinajstić information content (AvgIpc) is 3.03. The topological polar surface area (TPSA) is 55.4 Å². The van der Waals surface area contributed by atoms with Crippen molar-refractivity contribution in [2.75, 3.05) is 6.61 Å². The Bertz CT molecular complexity index is 566. The van der Waals surface area contributed by atoms with Gasteiger partial charge in [0, 0.05) is 11.4 Å². The number of hydrogen-bond donors (Lipinski definition) is 1. The zero-order chi connectivity index (χ0) is 14.9. The molecule has 0 aliphatic carbocycles. The molecule has 5 heteroatoms. The zero-order valence-corrected chi connectivity index (χ0v) is 12.4. The first-order valence-electron chi connectivity index (χ1n) is 6.72. The fourth-order valence-corrected chi connectivity index (χ4v) is 2.45. The molecule has 1 aromatic carbocycles. The van der Waals surface area contributed by atoms with Gasteiger partial charge in [-0.05, 0) is 23.4 Å². The molecule has 0 saturated carbocycles. The molecule has 4 nitrogen and oxygen atoms in total. The highest BCUT2D eigenvalue weighted by Crippen LogP contribution is 2.11. The molecule has 0 saturated heterocycles. The van der Waals surface area contributed by atoms with Crippen LogP contribution in [0.1, 0.15) is 16.9 Å². The quantitative estimate of drug-likeness (QED) is 0.800. The zero-order valence-electron chi connectivity index (χ0n) is 11.6. The van der Waals surface area contributed by atoms with E-state index in [1.165, 1.54) is 0 Å². The number of benzene rings is 1. The molecule has 0 fully saturated rings. The summed E-state index contributed by atoms with van der Waals surface area (Å²) in [6.45, 7) is 0.211. The van der Waals surface area contributed by atoms with Crippen LogP contribution in [0.4, 0.5) is 0 Å². The van der Waals surface area contributed by atoms with E-state index in [1.807, 2.05) is 47.8 Å². The van der Waals surface area contributed by atoms with E-state index in [2.05, 4.69) is 5.32 Å². The monoisotopic (exact) mass is 303 g/mol. The third kappa shape index (κ3) is 5.79. The smallest absolute Gasteiger partial charge is 0.306 e. The maximum absolute atomic E-state index is 11.6. The highest BCUT2D eigenvalue weighted by Gasteiger charge is 2.08. The van der Waals surface area contributed by atoms with Crippen molar-refractivity contribution in [1.29, 1.82) is 0 Å². The number of thiophene rings is 1. The molecule has 0 bridgehead atoms. The van der Waals surface area contributed by atoms with Crippen LogP contribution in [-0.2, 0) is 27.3 Å². The molecule has 1 aromatic heterocycles. The van der Waals surface area contributed by atoms with Crippen molar-refractivity contribution in [3.05, 3.63) is 58.3 Å². The first-order valence-corrected chi connectivity index (χ1v) is 7.60. The predicted octanol–water partition coefficient (Wildman–Crippen LogP) is 2.54. The lowest BCUT2D eigenvalue weighted by Gasteiger charge is -2.06. The summed E-state index contributed by atoms with van der Waals surface area (Å²) in [6, 6.07) is 13.5. The Balaban J connectivity index is 1.61. The lowest BCUT2D eigenvalue weighted by atomic mass is 10.2. The third-order valence-electron chi connectivity index (χ3n) is 2.85. The van der Waals surface area contributed by atoms with Gasteiger partial charge in [0.1, 0.15) is 0 Å². The molecule has 0 aliphatic heterocycles. The van der Waals surface area contributed by atoms with E-state index in [9.17, 15) is 9.59 Å². The minimum absolute atomic E-state index is 0.226. The van der Waals surface area contributed by atoms with Gasteiger partial charge in [-0.25, -0.2) is 0 Å². The number of ether oxygens (including phenoxy) is 1. The number of aryl methyl sites for hydroxylation is 1. The molecule has 1 amide bonds. The SMILES string of the molecule is O=C(COC(=O)CCc1cccs1)NCc1ccccc1. The Morgan fingerprint density at radius 2 is 1.90 bits per heavy atom. The van der Waals surface area contributed by atoms with Crippen LogP contribution in [0.5, 0.6) is 0 Å². The molecule has 0 aliphatic rings. The molecule has 1 N–H and O–H groups in total. The largest absolute Gasteiger partial charge is 0.456 e. The van der Waals surface area contributed by atoms with Crippen LogP contribution in [0, 0.1) is 0 Å². The maximum atomic E-state index is 11.6. The summed E-state index contributed by atoms with van der Waals surface area (Å²) in [5.41, 5.74) is 1.01. The van der Waals surface area contributed by atoms with Gasteiger partial charge in [-0.1, -0.05) is 36.4 Å². The van der Waals surface area contributed by atoms with E-state index >= 15 is 0 Å². The Morgan fingerprint density at radius 3 is 2.62 bits per heavy atom. The third-order valence-corrected chi connectivity index (χ3v) is 3.79. The van der Waals surface area contributed by atoms with Gasteiger partial charge in [-0.3, -0.25) is 9.59 Å². The van der Waals surface area contributed by atoms with Gasteiger partial charge < -0.3 is 10.1 Å². The highest BCUT2D eigenvalue weighted by atomic mass is 32.1. The number of esters is 1. The van der Waals surface area contributed by atoms with Gasteiger partial charge >= 0.3 is 5.97 Å². The first kappa shape index (κ1) is 15.3. The normalized spacial score (nSPS) is 10.1. The fraction of sp³-hybridized carbons (Fsp3) is 0.250. The molecule has 2 aromatic rings. The van der Waals surface area contributed by atoms with Gasteiger partial charge in [-0.15, -0.1) is 11.3 Å². The molecule has 0 spiro atoms. The second-order valence-electron chi connectivity index (χ2n) is 4.50. The number of nitrogens with one attached hydrogen (secondary N) is 1. The lowest BCUT2D eigenvalue weighted by Crippen LogP contribution is -2.28. The molecular formula is C16H17NO3S. The van der Waals surface area contributed by atoms with Crippen LogP contribution in [0.2, 0.25) is 0 Å². The summed E-state index contributed by atoms with van der Waals surface area (Å²) in [4.78, 5) is 24.2. The maximum Gasteiger partial charge on any atom is 0.306 e. The molecule has 21 heavy (non-hydrogen) atoms. The first-order chi connectivity index (χ1) is 10.2. The summed E-state index contributed by atoms with van der Waals surface area (Å²) < 4.78 is 4.94. The highest BCUT2D eigenvalue weighted by molar-refractivity contribution is 7.09. The molecule has 1 heterocycles. The van der Waals surface area contributed by atoms with E-state index in [4.69, 9.17) is 4.74 Å². The van der Waals surface area contributed by atoms with Crippen molar-refractivity contribution in [3.8, 4) is 0 Å². The van der Waals surface area contributed by atoms with Gasteiger partial charge in [0.25, 0.3) is 5.91 Å². The lowest BCUT2D eigenvalue weighted by molar-refractivity contribution is -0.148. The van der Waals surface area contributed by atoms with Crippen molar-refractivity contribution >= 4 is 23.2 Å². The number of rotatable bonds is 7. The fourth-order valence-electron chi connectivity index (χ4n) is 1.75. The van der Waals surface area contributed by atoms with Crippen molar-refractivity contribution in [3.63, 3.8) is 0 Å². The van der Waals surface area contributed by atoms with Crippen LogP contribution in [0.25, 0.3) is 0 Å². The van der Waals surface area contributed by atoms with Crippen molar-refractivity contribution in [2.24, 2.45) is 0 Å². The summed E-state index contributed by atoms with van der Waals surface area (Å²) in [5.74, 6) is -0.637. The molecule has 110 valence electrons. The molecule has 0 unspecified atom stereocenters. The Kier molecular flexibility index (Phi) is 5.97. The number of carbonyl (C=O) groups is 2. The summed E-state index contributed by atoms with van der Waals surface area (Å²) in [5, 5.41) is 4.68. The number of hydrogen-bond acceptors (Lipinski definition) is 4. The summed E-state index contributed by atoms with van der Waals surface area (Å²) in [7, 11) is 0. The van der Waals surface area contributed by atoms with Crippen LogP contribution < -0.4 is 5.32 Å². The van der Waals surface area contributed by atoms with Gasteiger partial charge in [0.2, 0.25) is 0 Å². The van der Waals surface area contributed by atoms with E-state index in [0.29, 0.717) is 19.4 Å². The average molecular weight is 303 g/mol. The standard InChI is InChI=1S/C16H17NO3S/c18-15(17-11-13-5-2-1-3-6-13)12-20-16(19)9-8-14-7-4-10-21-14/h1-7,10H,8-9,11-12H2,(H,17,18). The number of amides is 1. The van der Waals surface area contributed by atoms with Crippen LogP contribution >= 0.6 is 11.3 Å². The van der Waals surface area contributed by atoms with Gasteiger partial charge in [0.15, 0.2) is 6.61 Å². The minimum Gasteiger partial charge on any atom is -0.456 e. The van der Waals surface area contributed by atoms with E-state index in [0.717, 1.165) is 10.4 Å². The number of carbonyl (C=O) groups excluding carboxylic acids is 2. The minimum atomic E-state index is -0.349. The second kappa shape index (κ2) is 8.21. The Hall–Kier alpha value is -2.14. The molecule has 0 radical (unpaired) electrons. The summed E-state index contributed by atoms with van der Waals surface area (Å²) in [6.07, 6.45) is 0.953. The molecule has 2 rings (SSSR count). The van der Waals surface area contributed by atoms with Crippen molar-refractivity contribution < 1.29 is 14.3 Å². The van der Waals surface area contributed by atoms with Crippen molar-refractivity contribution in [2.45, 2.75) is 19.4 Å². The van der Waals surface area contributed by atoms with Crippen molar-refractivity contribution in [1.82, 2.24) is 5.32 Å². The Labute approximate surface area is 127 Å². The van der Waals surface area contributed by atoms with Crippen LogP contribution in [0.3, 0.4) is 0 Å². The summed E-state index contributed by atoms with van der Waals surface area (Å²) >= 11 is 1.61. The van der Waals surface area contributed by atoms with Gasteiger partial charge in [-0.2, -0.15) is 0 Å².